The number of ether oxygens (including phenoxy) is 1. The maximum absolute atomic E-state index is 12.5. The number of urea groups is 1. The van der Waals surface area contributed by atoms with Crippen LogP contribution in [0.4, 0.5) is 4.79 Å². The Balaban J connectivity index is 2.11. The van der Waals surface area contributed by atoms with Crippen molar-refractivity contribution in [2.75, 3.05) is 19.7 Å². The second-order valence-corrected chi connectivity index (χ2v) is 5.28. The summed E-state index contributed by atoms with van der Waals surface area (Å²) >= 11 is 0. The highest BCUT2D eigenvalue weighted by molar-refractivity contribution is 5.87. The summed E-state index contributed by atoms with van der Waals surface area (Å²) < 4.78 is 4.95. The number of β-amino-alcohol motifs (C(OH)–C–C–N with tert-alkyl or cyclic N) is 1. The van der Waals surface area contributed by atoms with E-state index in [2.05, 4.69) is 0 Å². The van der Waals surface area contributed by atoms with Crippen molar-refractivity contribution < 1.29 is 29.3 Å². The molecule has 2 N–H and O–H groups in total. The first-order chi connectivity index (χ1) is 9.95. The van der Waals surface area contributed by atoms with Gasteiger partial charge in [0.15, 0.2) is 0 Å². The Hall–Kier alpha value is -1.83. The van der Waals surface area contributed by atoms with Crippen molar-refractivity contribution in [3.8, 4) is 0 Å². The lowest BCUT2D eigenvalue weighted by molar-refractivity contribution is -0.147. The highest BCUT2D eigenvalue weighted by Crippen LogP contribution is 2.25. The van der Waals surface area contributed by atoms with Gasteiger partial charge >= 0.3 is 18.0 Å². The molecule has 2 aliphatic rings. The molecule has 2 rings (SSSR count). The zero-order valence-corrected chi connectivity index (χ0v) is 11.9. The van der Waals surface area contributed by atoms with Gasteiger partial charge in [0.25, 0.3) is 0 Å². The predicted molar refractivity (Wildman–Crippen MR) is 70.5 cm³/mol. The molecule has 2 fully saturated rings. The first-order valence-electron chi connectivity index (χ1n) is 7.10. The van der Waals surface area contributed by atoms with Crippen LogP contribution in [0, 0.1) is 0 Å². The van der Waals surface area contributed by atoms with Crippen LogP contribution in [0.3, 0.4) is 0 Å². The van der Waals surface area contributed by atoms with Gasteiger partial charge in [0.2, 0.25) is 0 Å². The normalized spacial score (nSPS) is 28.8. The summed E-state index contributed by atoms with van der Waals surface area (Å²) in [7, 11) is 0. The minimum atomic E-state index is -1.15. The summed E-state index contributed by atoms with van der Waals surface area (Å²) in [5.74, 6) is -1.61. The molecule has 2 amide bonds. The van der Waals surface area contributed by atoms with Gasteiger partial charge in [-0.3, -0.25) is 0 Å². The van der Waals surface area contributed by atoms with Crippen molar-refractivity contribution in [1.29, 1.82) is 0 Å². The standard InChI is InChI=1S/C13H20N2O6/c1-2-21-12(19)9-4-3-5-14(9)13(20)15-7-8(16)6-10(15)11(17)18/h8-10,16H,2-7H2,1H3,(H,17,18)/t8-,9?,10-/m1/s1. The first-order valence-corrected chi connectivity index (χ1v) is 7.10. The van der Waals surface area contributed by atoms with E-state index in [-0.39, 0.29) is 19.6 Å². The Morgan fingerprint density at radius 2 is 1.95 bits per heavy atom. The molecule has 0 bridgehead atoms. The minimum absolute atomic E-state index is 0.0129. The maximum Gasteiger partial charge on any atom is 0.328 e. The Kier molecular flexibility index (Phi) is 4.66. The molecular formula is C13H20N2O6. The van der Waals surface area contributed by atoms with E-state index in [1.54, 1.807) is 6.92 Å². The van der Waals surface area contributed by atoms with Crippen molar-refractivity contribution in [3.05, 3.63) is 0 Å². The molecule has 0 saturated carbocycles. The maximum atomic E-state index is 12.5. The molecule has 0 radical (unpaired) electrons. The number of hydrogen-bond acceptors (Lipinski definition) is 5. The quantitative estimate of drug-likeness (QED) is 0.690. The van der Waals surface area contributed by atoms with Gasteiger partial charge in [0.1, 0.15) is 12.1 Å². The number of esters is 1. The molecule has 8 nitrogen and oxygen atoms in total. The number of carboxylic acid groups (broad SMARTS) is 1. The summed E-state index contributed by atoms with van der Waals surface area (Å²) in [5.41, 5.74) is 0. The fourth-order valence-corrected chi connectivity index (χ4v) is 2.90. The second-order valence-electron chi connectivity index (χ2n) is 5.28. The SMILES string of the molecule is CCOC(=O)C1CCCN1C(=O)N1C[C@H](O)C[C@@H]1C(=O)O. The van der Waals surface area contributed by atoms with Gasteiger partial charge in [-0.05, 0) is 19.8 Å². The zero-order valence-electron chi connectivity index (χ0n) is 11.9. The van der Waals surface area contributed by atoms with Gasteiger partial charge < -0.3 is 24.7 Å². The third kappa shape index (κ3) is 3.10. The molecule has 1 unspecified atom stereocenters. The van der Waals surface area contributed by atoms with E-state index in [0.29, 0.717) is 19.4 Å². The van der Waals surface area contributed by atoms with Crippen molar-refractivity contribution in [2.24, 2.45) is 0 Å². The molecule has 3 atom stereocenters. The number of carboxylic acids is 1. The summed E-state index contributed by atoms with van der Waals surface area (Å²) in [4.78, 5) is 38.0. The smallest absolute Gasteiger partial charge is 0.328 e. The number of carbonyl (C=O) groups excluding carboxylic acids is 2. The summed E-state index contributed by atoms with van der Waals surface area (Å²) in [6.45, 7) is 2.29. The first kappa shape index (κ1) is 15.6. The number of amides is 2. The van der Waals surface area contributed by atoms with Crippen LogP contribution in [0.25, 0.3) is 0 Å². The molecule has 0 aromatic rings. The fraction of sp³-hybridized carbons (Fsp3) is 0.769. The van der Waals surface area contributed by atoms with Gasteiger partial charge in [-0.15, -0.1) is 0 Å². The van der Waals surface area contributed by atoms with E-state index >= 15 is 0 Å². The molecule has 0 aromatic heterocycles. The molecule has 2 aliphatic heterocycles. The van der Waals surface area contributed by atoms with Crippen molar-refractivity contribution >= 4 is 18.0 Å². The van der Waals surface area contributed by atoms with E-state index in [1.165, 1.54) is 4.90 Å². The molecule has 2 heterocycles. The molecule has 8 heteroatoms. The third-order valence-electron chi connectivity index (χ3n) is 3.87. The van der Waals surface area contributed by atoms with Crippen LogP contribution in [0.1, 0.15) is 26.2 Å². The summed E-state index contributed by atoms with van der Waals surface area (Å²) in [5, 5.41) is 18.7. The number of nitrogens with zero attached hydrogens (tertiary/aromatic N) is 2. The van der Waals surface area contributed by atoms with Gasteiger partial charge in [0, 0.05) is 19.5 Å². The van der Waals surface area contributed by atoms with Crippen LogP contribution >= 0.6 is 0 Å². The van der Waals surface area contributed by atoms with Crippen LogP contribution in [0.2, 0.25) is 0 Å². The molecule has 118 valence electrons. The predicted octanol–water partition coefficient (Wildman–Crippen LogP) is -0.346. The van der Waals surface area contributed by atoms with Gasteiger partial charge in [-0.1, -0.05) is 0 Å². The molecule has 0 spiro atoms. The fourth-order valence-electron chi connectivity index (χ4n) is 2.90. The van der Waals surface area contributed by atoms with E-state index in [0.717, 1.165) is 4.90 Å². The minimum Gasteiger partial charge on any atom is -0.480 e. The number of carbonyl (C=O) groups is 3. The number of aliphatic hydroxyl groups excluding tert-OH is 1. The average Bonchev–Trinajstić information content (AvgIpc) is 3.04. The summed E-state index contributed by atoms with van der Waals surface area (Å²) in [6.07, 6.45) is 0.347. The Labute approximate surface area is 122 Å². The number of aliphatic carboxylic acids is 1. The summed E-state index contributed by atoms with van der Waals surface area (Å²) in [6, 6.07) is -2.23. The van der Waals surface area contributed by atoms with Crippen LogP contribution < -0.4 is 0 Å². The number of likely N-dealkylation sites (tertiary alicyclic amines) is 2. The highest BCUT2D eigenvalue weighted by Gasteiger charge is 2.44. The van der Waals surface area contributed by atoms with Crippen molar-refractivity contribution in [3.63, 3.8) is 0 Å². The largest absolute Gasteiger partial charge is 0.480 e. The third-order valence-corrected chi connectivity index (χ3v) is 3.87. The molecule has 0 aromatic carbocycles. The van der Waals surface area contributed by atoms with Crippen LogP contribution in [-0.2, 0) is 14.3 Å². The Morgan fingerprint density at radius 1 is 1.24 bits per heavy atom. The Morgan fingerprint density at radius 3 is 2.57 bits per heavy atom. The average molecular weight is 300 g/mol. The molecule has 21 heavy (non-hydrogen) atoms. The monoisotopic (exact) mass is 300 g/mol. The number of aliphatic hydroxyl groups is 1. The zero-order chi connectivity index (χ0) is 15.6. The number of hydrogen-bond donors (Lipinski definition) is 2. The lowest BCUT2D eigenvalue weighted by Crippen LogP contribution is -2.51. The van der Waals surface area contributed by atoms with Crippen molar-refractivity contribution in [1.82, 2.24) is 9.80 Å². The molecule has 2 saturated heterocycles. The topological polar surface area (TPSA) is 107 Å². The van der Waals surface area contributed by atoms with Crippen LogP contribution in [0.15, 0.2) is 0 Å². The molecular weight excluding hydrogens is 280 g/mol. The van der Waals surface area contributed by atoms with Crippen LogP contribution in [0.5, 0.6) is 0 Å². The van der Waals surface area contributed by atoms with E-state index in [4.69, 9.17) is 9.84 Å². The second kappa shape index (κ2) is 6.30. The van der Waals surface area contributed by atoms with E-state index in [9.17, 15) is 19.5 Å². The van der Waals surface area contributed by atoms with Gasteiger partial charge in [-0.2, -0.15) is 0 Å². The van der Waals surface area contributed by atoms with Gasteiger partial charge in [-0.25, -0.2) is 14.4 Å². The van der Waals surface area contributed by atoms with E-state index in [1.807, 2.05) is 0 Å². The van der Waals surface area contributed by atoms with Gasteiger partial charge in [0.05, 0.1) is 12.7 Å². The van der Waals surface area contributed by atoms with Crippen LogP contribution in [-0.4, -0.2) is 75.9 Å². The van der Waals surface area contributed by atoms with E-state index < -0.39 is 36.2 Å². The highest BCUT2D eigenvalue weighted by atomic mass is 16.5. The lowest BCUT2D eigenvalue weighted by atomic mass is 10.2. The lowest BCUT2D eigenvalue weighted by Gasteiger charge is -2.30. The Bertz CT molecular complexity index is 440. The number of rotatable bonds is 3. The van der Waals surface area contributed by atoms with Crippen molar-refractivity contribution in [2.45, 2.75) is 44.4 Å². The molecule has 0 aliphatic carbocycles.